The van der Waals surface area contributed by atoms with Crippen molar-refractivity contribution in [2.24, 2.45) is 0 Å². The molecule has 0 atom stereocenters. The van der Waals surface area contributed by atoms with E-state index >= 15 is 0 Å². The summed E-state index contributed by atoms with van der Waals surface area (Å²) < 4.78 is 31.7. The number of urea groups is 1. The van der Waals surface area contributed by atoms with Crippen molar-refractivity contribution in [3.05, 3.63) is 47.4 Å². The monoisotopic (exact) mass is 511 g/mol. The molecule has 0 aromatic carbocycles. The molecule has 0 unspecified atom stereocenters. The number of carbonyl (C=O) groups excluding carboxylic acids is 2. The number of hydrogen-bond acceptors (Lipinski definition) is 7. The third-order valence-electron chi connectivity index (χ3n) is 5.17. The molecule has 0 spiro atoms. The van der Waals surface area contributed by atoms with Gasteiger partial charge in [0.2, 0.25) is 0 Å². The van der Waals surface area contributed by atoms with Gasteiger partial charge in [-0.2, -0.15) is 13.2 Å². The summed E-state index contributed by atoms with van der Waals surface area (Å²) in [6, 6.07) is 7.32. The molecule has 14 heteroatoms. The van der Waals surface area contributed by atoms with E-state index in [4.69, 9.17) is 9.90 Å². The standard InChI is InChI=1S/C20H27N7O2.C2HF3O2/c1-14-17(5-4-16(24-14)19(28)21-2)27-10-8-26(9-11-27)13-15-6-7-23-18(12-15)25-20(29)22-3;3-2(4,5)1(6)7/h4-7,12H,8-11,13H2,1-3H3,(H,21,28)(H2,22,23,25,29);(H,6,7). The molecule has 1 aliphatic rings. The van der Waals surface area contributed by atoms with Crippen molar-refractivity contribution in [2.45, 2.75) is 19.6 Å². The van der Waals surface area contributed by atoms with Crippen LogP contribution in [0.5, 0.6) is 0 Å². The molecule has 0 aliphatic carbocycles. The number of nitrogens with zero attached hydrogens (tertiary/aromatic N) is 4. The molecule has 1 aliphatic heterocycles. The minimum Gasteiger partial charge on any atom is -0.475 e. The average molecular weight is 512 g/mol. The number of carbonyl (C=O) groups is 3. The summed E-state index contributed by atoms with van der Waals surface area (Å²) in [5.41, 5.74) is 3.47. The number of hydrogen-bond donors (Lipinski definition) is 4. The van der Waals surface area contributed by atoms with Crippen molar-refractivity contribution in [3.8, 4) is 0 Å². The molecule has 3 amide bonds. The topological polar surface area (TPSA) is 140 Å². The van der Waals surface area contributed by atoms with Gasteiger partial charge in [0.05, 0.1) is 11.4 Å². The number of aromatic nitrogens is 2. The highest BCUT2D eigenvalue weighted by atomic mass is 19.4. The maximum atomic E-state index is 11.7. The predicted molar refractivity (Wildman–Crippen MR) is 126 cm³/mol. The van der Waals surface area contributed by atoms with Gasteiger partial charge in [-0.05, 0) is 36.8 Å². The van der Waals surface area contributed by atoms with Crippen molar-refractivity contribution in [2.75, 3.05) is 50.5 Å². The van der Waals surface area contributed by atoms with Gasteiger partial charge in [0.25, 0.3) is 5.91 Å². The zero-order valence-electron chi connectivity index (χ0n) is 20.0. The lowest BCUT2D eigenvalue weighted by Gasteiger charge is -2.36. The van der Waals surface area contributed by atoms with Gasteiger partial charge in [-0.25, -0.2) is 19.6 Å². The van der Waals surface area contributed by atoms with Crippen LogP contribution in [0.1, 0.15) is 21.7 Å². The summed E-state index contributed by atoms with van der Waals surface area (Å²) in [7, 11) is 3.18. The number of nitrogens with one attached hydrogen (secondary N) is 3. The summed E-state index contributed by atoms with van der Waals surface area (Å²) >= 11 is 0. The molecule has 11 nitrogen and oxygen atoms in total. The van der Waals surface area contributed by atoms with Crippen LogP contribution in [0, 0.1) is 6.92 Å². The van der Waals surface area contributed by atoms with E-state index < -0.39 is 12.1 Å². The second kappa shape index (κ2) is 12.7. The Hall–Kier alpha value is -3.94. The Balaban J connectivity index is 0.000000572. The zero-order chi connectivity index (χ0) is 26.9. The summed E-state index contributed by atoms with van der Waals surface area (Å²) in [5, 5.41) is 14.9. The molecule has 1 saturated heterocycles. The minimum atomic E-state index is -5.08. The van der Waals surface area contributed by atoms with Crippen molar-refractivity contribution < 1.29 is 32.7 Å². The Kier molecular flexibility index (Phi) is 9.96. The van der Waals surface area contributed by atoms with Crippen molar-refractivity contribution >= 4 is 29.4 Å². The third-order valence-corrected chi connectivity index (χ3v) is 5.17. The fourth-order valence-corrected chi connectivity index (χ4v) is 3.37. The first kappa shape index (κ1) is 28.3. The van der Waals surface area contributed by atoms with Crippen LogP contribution in [0.4, 0.5) is 29.5 Å². The minimum absolute atomic E-state index is 0.174. The molecule has 1 fully saturated rings. The largest absolute Gasteiger partial charge is 0.490 e. The number of alkyl halides is 3. The first-order valence-electron chi connectivity index (χ1n) is 10.9. The number of carboxylic acids is 1. The fourth-order valence-electron chi connectivity index (χ4n) is 3.37. The van der Waals surface area contributed by atoms with Gasteiger partial charge in [0.15, 0.2) is 0 Å². The van der Waals surface area contributed by atoms with Crippen molar-refractivity contribution in [3.63, 3.8) is 0 Å². The van der Waals surface area contributed by atoms with E-state index in [2.05, 4.69) is 35.7 Å². The smallest absolute Gasteiger partial charge is 0.475 e. The second-order valence-corrected chi connectivity index (χ2v) is 7.70. The van der Waals surface area contributed by atoms with Crippen LogP contribution in [0.25, 0.3) is 0 Å². The normalized spacial score (nSPS) is 13.8. The fraction of sp³-hybridized carbons (Fsp3) is 0.409. The third kappa shape index (κ3) is 8.37. The lowest BCUT2D eigenvalue weighted by atomic mass is 10.2. The highest BCUT2D eigenvalue weighted by molar-refractivity contribution is 5.92. The molecule has 3 rings (SSSR count). The highest BCUT2D eigenvalue weighted by Crippen LogP contribution is 2.21. The number of rotatable bonds is 5. The Morgan fingerprint density at radius 2 is 1.69 bits per heavy atom. The van der Waals surface area contributed by atoms with Crippen LogP contribution < -0.4 is 20.9 Å². The molecule has 4 N–H and O–H groups in total. The molecule has 0 saturated carbocycles. The average Bonchev–Trinajstić information content (AvgIpc) is 2.84. The van der Waals surface area contributed by atoms with Crippen LogP contribution in [0.3, 0.4) is 0 Å². The van der Waals surface area contributed by atoms with E-state index in [1.54, 1.807) is 26.4 Å². The van der Waals surface area contributed by atoms with E-state index in [9.17, 15) is 22.8 Å². The van der Waals surface area contributed by atoms with Gasteiger partial charge >= 0.3 is 18.2 Å². The lowest BCUT2D eigenvalue weighted by Crippen LogP contribution is -2.46. The van der Waals surface area contributed by atoms with Crippen LogP contribution >= 0.6 is 0 Å². The van der Waals surface area contributed by atoms with Gasteiger partial charge in [-0.3, -0.25) is 15.0 Å². The molecule has 0 radical (unpaired) electrons. The predicted octanol–water partition coefficient (Wildman–Crippen LogP) is 1.85. The van der Waals surface area contributed by atoms with E-state index in [1.165, 1.54) is 0 Å². The van der Waals surface area contributed by atoms with E-state index in [0.717, 1.165) is 49.7 Å². The quantitative estimate of drug-likeness (QED) is 0.477. The number of amides is 3. The molecule has 3 heterocycles. The van der Waals surface area contributed by atoms with Crippen molar-refractivity contribution in [1.82, 2.24) is 25.5 Å². The maximum Gasteiger partial charge on any atom is 0.490 e. The summed E-state index contributed by atoms with van der Waals surface area (Å²) in [6.07, 6.45) is -3.38. The Bertz CT molecular complexity index is 1070. The molecule has 36 heavy (non-hydrogen) atoms. The van der Waals surface area contributed by atoms with Crippen LogP contribution in [-0.2, 0) is 11.3 Å². The van der Waals surface area contributed by atoms with Crippen LogP contribution in [0.15, 0.2) is 30.5 Å². The number of carboxylic acid groups (broad SMARTS) is 1. The van der Waals surface area contributed by atoms with E-state index in [-0.39, 0.29) is 11.9 Å². The van der Waals surface area contributed by atoms with Gasteiger partial charge in [0.1, 0.15) is 11.5 Å². The zero-order valence-corrected chi connectivity index (χ0v) is 20.0. The summed E-state index contributed by atoms with van der Waals surface area (Å²) in [6.45, 7) is 6.33. The molecular formula is C22H28F3N7O4. The Morgan fingerprint density at radius 1 is 1.06 bits per heavy atom. The number of pyridine rings is 2. The van der Waals surface area contributed by atoms with Gasteiger partial charge in [-0.15, -0.1) is 0 Å². The van der Waals surface area contributed by atoms with Gasteiger partial charge < -0.3 is 20.6 Å². The molecule has 196 valence electrons. The number of anilines is 2. The second-order valence-electron chi connectivity index (χ2n) is 7.70. The van der Waals surface area contributed by atoms with E-state index in [0.29, 0.717) is 11.5 Å². The molecule has 0 bridgehead atoms. The number of aliphatic carboxylic acids is 1. The summed E-state index contributed by atoms with van der Waals surface area (Å²) in [4.78, 5) is 45.4. The van der Waals surface area contributed by atoms with Gasteiger partial charge in [-0.1, -0.05) is 0 Å². The van der Waals surface area contributed by atoms with Crippen molar-refractivity contribution in [1.29, 1.82) is 0 Å². The van der Waals surface area contributed by atoms with Gasteiger partial charge in [0, 0.05) is 53.0 Å². The van der Waals surface area contributed by atoms with Crippen LogP contribution in [0.2, 0.25) is 0 Å². The van der Waals surface area contributed by atoms with E-state index in [1.807, 2.05) is 25.1 Å². The van der Waals surface area contributed by atoms with Crippen LogP contribution in [-0.4, -0.2) is 84.3 Å². The lowest BCUT2D eigenvalue weighted by molar-refractivity contribution is -0.192. The first-order chi connectivity index (χ1) is 16.9. The number of aryl methyl sites for hydroxylation is 1. The molecule has 2 aromatic rings. The Morgan fingerprint density at radius 3 is 2.22 bits per heavy atom. The number of piperazine rings is 1. The number of halogens is 3. The highest BCUT2D eigenvalue weighted by Gasteiger charge is 2.38. The maximum absolute atomic E-state index is 11.7. The Labute approximate surface area is 205 Å². The SMILES string of the molecule is CNC(=O)Nc1cc(CN2CCN(c3ccc(C(=O)NC)nc3C)CC2)ccn1.O=C(O)C(F)(F)F. The summed E-state index contributed by atoms with van der Waals surface area (Å²) in [5.74, 6) is -2.39. The molecular weight excluding hydrogens is 483 g/mol. The molecule has 2 aromatic heterocycles. The first-order valence-corrected chi connectivity index (χ1v) is 10.9.